The van der Waals surface area contributed by atoms with Gasteiger partial charge < -0.3 is 5.32 Å². The van der Waals surface area contributed by atoms with Gasteiger partial charge in [-0.25, -0.2) is 0 Å². The van der Waals surface area contributed by atoms with E-state index in [0.717, 1.165) is 35.8 Å². The predicted octanol–water partition coefficient (Wildman–Crippen LogP) is 2.10. The highest BCUT2D eigenvalue weighted by Gasteiger charge is 2.50. The molecule has 2 nitrogen and oxygen atoms in total. The molecule has 0 aromatic rings. The molecule has 0 aromatic carbocycles. The molecule has 17 heavy (non-hydrogen) atoms. The Morgan fingerprint density at radius 2 is 1.59 bits per heavy atom. The van der Waals surface area contributed by atoms with Crippen LogP contribution in [0.1, 0.15) is 38.5 Å². The van der Waals surface area contributed by atoms with E-state index in [9.17, 15) is 0 Å². The van der Waals surface area contributed by atoms with Crippen LogP contribution >= 0.6 is 0 Å². The monoisotopic (exact) mass is 234 g/mol. The van der Waals surface area contributed by atoms with E-state index < -0.39 is 0 Å². The molecule has 4 aliphatic carbocycles. The van der Waals surface area contributed by atoms with Gasteiger partial charge in [-0.1, -0.05) is 0 Å². The summed E-state index contributed by atoms with van der Waals surface area (Å²) in [5.74, 6) is 4.39. The zero-order chi connectivity index (χ0) is 11.4. The first-order valence-electron chi connectivity index (χ1n) is 7.74. The summed E-state index contributed by atoms with van der Waals surface area (Å²) in [6.45, 7) is 2.68. The molecule has 5 rings (SSSR count). The first-order chi connectivity index (χ1) is 8.33. The third-order valence-electron chi connectivity index (χ3n) is 6.23. The standard InChI is InChI=1S/C15H26N2/c1-16-14-2-3-17(9-14)15-12-5-10-4-11(7-12)8-13(15)6-10/h10-16H,2-9H2,1H3. The number of hydrogen-bond donors (Lipinski definition) is 1. The van der Waals surface area contributed by atoms with Crippen LogP contribution in [0.5, 0.6) is 0 Å². The normalized spacial score (nSPS) is 53.5. The van der Waals surface area contributed by atoms with Gasteiger partial charge in [0.2, 0.25) is 0 Å². The van der Waals surface area contributed by atoms with Crippen molar-refractivity contribution in [2.45, 2.75) is 50.6 Å². The number of nitrogens with zero attached hydrogens (tertiary/aromatic N) is 1. The maximum Gasteiger partial charge on any atom is 0.0204 e. The molecule has 1 aliphatic heterocycles. The number of likely N-dealkylation sites (tertiary alicyclic amines) is 1. The molecule has 0 radical (unpaired) electrons. The van der Waals surface area contributed by atoms with Crippen molar-refractivity contribution in [3.05, 3.63) is 0 Å². The molecule has 96 valence electrons. The van der Waals surface area contributed by atoms with E-state index in [2.05, 4.69) is 17.3 Å². The van der Waals surface area contributed by atoms with E-state index in [0.29, 0.717) is 0 Å². The Labute approximate surface area is 105 Å². The van der Waals surface area contributed by atoms with Gasteiger partial charge >= 0.3 is 0 Å². The van der Waals surface area contributed by atoms with Gasteiger partial charge in [-0.3, -0.25) is 4.90 Å². The van der Waals surface area contributed by atoms with Crippen molar-refractivity contribution in [1.29, 1.82) is 0 Å². The van der Waals surface area contributed by atoms with Crippen LogP contribution in [-0.4, -0.2) is 37.1 Å². The van der Waals surface area contributed by atoms with Crippen LogP contribution < -0.4 is 5.32 Å². The summed E-state index contributed by atoms with van der Waals surface area (Å²) in [6.07, 6.45) is 9.23. The van der Waals surface area contributed by atoms with Gasteiger partial charge in [-0.05, 0) is 69.2 Å². The molecule has 1 unspecified atom stereocenters. The van der Waals surface area contributed by atoms with Crippen LogP contribution in [-0.2, 0) is 0 Å². The smallest absolute Gasteiger partial charge is 0.0204 e. The minimum atomic E-state index is 0.771. The van der Waals surface area contributed by atoms with Crippen molar-refractivity contribution in [2.75, 3.05) is 20.1 Å². The van der Waals surface area contributed by atoms with Crippen molar-refractivity contribution in [3.8, 4) is 0 Å². The van der Waals surface area contributed by atoms with Gasteiger partial charge in [0.25, 0.3) is 0 Å². The molecule has 0 amide bonds. The molecule has 0 spiro atoms. The lowest BCUT2D eigenvalue weighted by molar-refractivity contribution is -0.0587. The predicted molar refractivity (Wildman–Crippen MR) is 69.9 cm³/mol. The van der Waals surface area contributed by atoms with Gasteiger partial charge in [0, 0.05) is 25.2 Å². The molecule has 4 saturated carbocycles. The summed E-state index contributed by atoms with van der Waals surface area (Å²) in [5, 5.41) is 3.47. The summed E-state index contributed by atoms with van der Waals surface area (Å²) < 4.78 is 0. The van der Waals surface area contributed by atoms with Crippen molar-refractivity contribution in [3.63, 3.8) is 0 Å². The fourth-order valence-corrected chi connectivity index (χ4v) is 5.79. The number of rotatable bonds is 2. The maximum absolute atomic E-state index is 3.47. The number of nitrogens with one attached hydrogen (secondary N) is 1. The van der Waals surface area contributed by atoms with Crippen LogP contribution in [0.4, 0.5) is 0 Å². The quantitative estimate of drug-likeness (QED) is 0.787. The van der Waals surface area contributed by atoms with Crippen molar-refractivity contribution >= 4 is 0 Å². The zero-order valence-electron chi connectivity index (χ0n) is 11.1. The van der Waals surface area contributed by atoms with E-state index >= 15 is 0 Å². The van der Waals surface area contributed by atoms with Gasteiger partial charge in [0.15, 0.2) is 0 Å². The molecule has 1 atom stereocenters. The lowest BCUT2D eigenvalue weighted by atomic mass is 9.54. The van der Waals surface area contributed by atoms with E-state index in [-0.39, 0.29) is 0 Å². The highest BCUT2D eigenvalue weighted by atomic mass is 15.2. The van der Waals surface area contributed by atoms with Gasteiger partial charge in [-0.15, -0.1) is 0 Å². The Morgan fingerprint density at radius 1 is 0.941 bits per heavy atom. The second-order valence-electron chi connectivity index (χ2n) is 7.19. The van der Waals surface area contributed by atoms with Gasteiger partial charge in [0.1, 0.15) is 0 Å². The Bertz CT molecular complexity index is 273. The number of likely N-dealkylation sites (N-methyl/N-ethyl adjacent to an activating group) is 1. The fourth-order valence-electron chi connectivity index (χ4n) is 5.79. The van der Waals surface area contributed by atoms with Crippen molar-refractivity contribution < 1.29 is 0 Å². The summed E-state index contributed by atoms with van der Waals surface area (Å²) in [7, 11) is 2.13. The van der Waals surface area contributed by atoms with Gasteiger partial charge in [0.05, 0.1) is 0 Å². The lowest BCUT2D eigenvalue weighted by Crippen LogP contribution is -2.55. The maximum atomic E-state index is 3.47. The van der Waals surface area contributed by atoms with E-state index in [1.165, 1.54) is 19.5 Å². The molecule has 5 fully saturated rings. The minimum Gasteiger partial charge on any atom is -0.316 e. The average Bonchev–Trinajstić information content (AvgIpc) is 2.76. The Kier molecular flexibility index (Phi) is 2.52. The molecule has 5 aliphatic rings. The molecular weight excluding hydrogens is 208 g/mol. The van der Waals surface area contributed by atoms with Crippen LogP contribution in [0.15, 0.2) is 0 Å². The fraction of sp³-hybridized carbons (Fsp3) is 1.00. The van der Waals surface area contributed by atoms with Crippen molar-refractivity contribution in [2.24, 2.45) is 23.7 Å². The summed E-state index contributed by atoms with van der Waals surface area (Å²) in [5.41, 5.74) is 0. The Balaban J connectivity index is 1.51. The topological polar surface area (TPSA) is 15.3 Å². The van der Waals surface area contributed by atoms with Crippen LogP contribution in [0.3, 0.4) is 0 Å². The van der Waals surface area contributed by atoms with Crippen LogP contribution in [0, 0.1) is 23.7 Å². The zero-order valence-corrected chi connectivity index (χ0v) is 11.1. The SMILES string of the molecule is CNC1CCN(C2C3CC4CC(C3)CC2C4)C1. The highest BCUT2D eigenvalue weighted by molar-refractivity contribution is 5.03. The summed E-state index contributed by atoms with van der Waals surface area (Å²) in [4.78, 5) is 2.86. The average molecular weight is 234 g/mol. The minimum absolute atomic E-state index is 0.771. The van der Waals surface area contributed by atoms with E-state index in [4.69, 9.17) is 0 Å². The molecule has 1 N–H and O–H groups in total. The Hall–Kier alpha value is -0.0800. The molecular formula is C15H26N2. The molecule has 2 heteroatoms. The van der Waals surface area contributed by atoms with Crippen LogP contribution in [0.25, 0.3) is 0 Å². The van der Waals surface area contributed by atoms with Crippen LogP contribution in [0.2, 0.25) is 0 Å². The summed E-state index contributed by atoms with van der Waals surface area (Å²) >= 11 is 0. The largest absolute Gasteiger partial charge is 0.316 e. The summed E-state index contributed by atoms with van der Waals surface area (Å²) in [6, 6.07) is 1.74. The highest BCUT2D eigenvalue weighted by Crippen LogP contribution is 2.55. The Morgan fingerprint density at radius 3 is 2.12 bits per heavy atom. The molecule has 4 bridgehead atoms. The first-order valence-corrected chi connectivity index (χ1v) is 7.74. The molecule has 0 aromatic heterocycles. The first kappa shape index (κ1) is 10.8. The van der Waals surface area contributed by atoms with Gasteiger partial charge in [-0.2, -0.15) is 0 Å². The van der Waals surface area contributed by atoms with E-state index in [1.807, 2.05) is 0 Å². The third kappa shape index (κ3) is 1.67. The molecule has 1 heterocycles. The van der Waals surface area contributed by atoms with E-state index in [1.54, 1.807) is 32.1 Å². The van der Waals surface area contributed by atoms with Crippen molar-refractivity contribution in [1.82, 2.24) is 10.2 Å². The second-order valence-corrected chi connectivity index (χ2v) is 7.19. The second kappa shape index (κ2) is 3.96. The third-order valence-corrected chi connectivity index (χ3v) is 6.23. The lowest BCUT2D eigenvalue weighted by Gasteiger charge is -2.56. The number of hydrogen-bond acceptors (Lipinski definition) is 2. The molecule has 1 saturated heterocycles.